The maximum Gasteiger partial charge on any atom is 0.119 e. The average Bonchev–Trinajstić information content (AvgIpc) is 3.29. The van der Waals surface area contributed by atoms with E-state index in [9.17, 15) is 5.11 Å². The van der Waals surface area contributed by atoms with E-state index in [-0.39, 0.29) is 6.61 Å². The molecule has 1 aromatic heterocycles. The molecular formula is C16H19NO3S. The number of ether oxygens (including phenoxy) is 2. The molecule has 21 heavy (non-hydrogen) atoms. The minimum Gasteiger partial charge on any atom is -0.497 e. The van der Waals surface area contributed by atoms with Crippen molar-refractivity contribution < 1.29 is 14.6 Å². The van der Waals surface area contributed by atoms with Gasteiger partial charge in [-0.15, -0.1) is 11.3 Å². The number of aromatic nitrogens is 1. The van der Waals surface area contributed by atoms with Gasteiger partial charge >= 0.3 is 0 Å². The number of aliphatic hydroxyl groups excluding tert-OH is 1. The Morgan fingerprint density at radius 2 is 1.95 bits per heavy atom. The number of benzene rings is 1. The highest BCUT2D eigenvalue weighted by molar-refractivity contribution is 7.11. The van der Waals surface area contributed by atoms with Crippen LogP contribution >= 0.6 is 11.3 Å². The fourth-order valence-corrected chi connectivity index (χ4v) is 3.23. The number of aliphatic hydroxyl groups is 1. The number of rotatable bonds is 7. The van der Waals surface area contributed by atoms with E-state index in [0.29, 0.717) is 12.5 Å². The van der Waals surface area contributed by atoms with Crippen LogP contribution in [0.3, 0.4) is 0 Å². The first-order valence-electron chi connectivity index (χ1n) is 7.16. The Balaban J connectivity index is 1.54. The van der Waals surface area contributed by atoms with Gasteiger partial charge in [-0.3, -0.25) is 0 Å². The molecule has 1 heterocycles. The highest BCUT2D eigenvalue weighted by atomic mass is 32.1. The molecule has 0 saturated heterocycles. The molecule has 2 aromatic rings. The van der Waals surface area contributed by atoms with Crippen molar-refractivity contribution >= 4 is 11.3 Å². The third-order valence-corrected chi connectivity index (χ3v) is 4.64. The minimum atomic E-state index is 0.100. The summed E-state index contributed by atoms with van der Waals surface area (Å²) in [4.78, 5) is 5.69. The van der Waals surface area contributed by atoms with Crippen LogP contribution in [0.4, 0.5) is 0 Å². The second kappa shape index (κ2) is 6.45. The van der Waals surface area contributed by atoms with Crippen molar-refractivity contribution in [3.8, 4) is 11.5 Å². The second-order valence-corrected chi connectivity index (χ2v) is 6.29. The van der Waals surface area contributed by atoms with E-state index in [2.05, 4.69) is 4.98 Å². The summed E-state index contributed by atoms with van der Waals surface area (Å²) in [6, 6.07) is 7.56. The van der Waals surface area contributed by atoms with Gasteiger partial charge < -0.3 is 14.6 Å². The van der Waals surface area contributed by atoms with Crippen LogP contribution in [0.5, 0.6) is 11.5 Å². The molecule has 1 fully saturated rings. The van der Waals surface area contributed by atoms with E-state index in [1.807, 2.05) is 24.3 Å². The first kappa shape index (κ1) is 14.4. The van der Waals surface area contributed by atoms with Crippen molar-refractivity contribution in [2.45, 2.75) is 31.8 Å². The van der Waals surface area contributed by atoms with Crippen LogP contribution in [-0.4, -0.2) is 23.8 Å². The first-order valence-corrected chi connectivity index (χ1v) is 7.98. The highest BCUT2D eigenvalue weighted by Crippen LogP contribution is 2.42. The molecule has 0 unspecified atom stereocenters. The average molecular weight is 305 g/mol. The van der Waals surface area contributed by atoms with Crippen LogP contribution in [0.25, 0.3) is 0 Å². The quantitative estimate of drug-likeness (QED) is 0.854. The SMILES string of the molecule is COc1ccc(OCCc2nc(C3CC3)c(CO)s2)cc1. The van der Waals surface area contributed by atoms with Gasteiger partial charge in [0.2, 0.25) is 0 Å². The lowest BCUT2D eigenvalue weighted by Gasteiger charge is -2.05. The van der Waals surface area contributed by atoms with Gasteiger partial charge in [0.15, 0.2) is 0 Å². The summed E-state index contributed by atoms with van der Waals surface area (Å²) in [6.07, 6.45) is 3.19. The molecule has 4 nitrogen and oxygen atoms in total. The van der Waals surface area contributed by atoms with Gasteiger partial charge in [-0.2, -0.15) is 0 Å². The summed E-state index contributed by atoms with van der Waals surface area (Å²) in [6.45, 7) is 0.692. The fraction of sp³-hybridized carbons (Fsp3) is 0.438. The molecule has 5 heteroatoms. The zero-order valence-electron chi connectivity index (χ0n) is 12.0. The molecule has 1 aromatic carbocycles. The smallest absolute Gasteiger partial charge is 0.119 e. The van der Waals surface area contributed by atoms with E-state index >= 15 is 0 Å². The fourth-order valence-electron chi connectivity index (χ4n) is 2.24. The maximum absolute atomic E-state index is 9.39. The summed E-state index contributed by atoms with van der Waals surface area (Å²) in [5, 5.41) is 10.4. The predicted molar refractivity (Wildman–Crippen MR) is 82.2 cm³/mol. The van der Waals surface area contributed by atoms with E-state index < -0.39 is 0 Å². The zero-order valence-corrected chi connectivity index (χ0v) is 12.9. The van der Waals surface area contributed by atoms with Crippen molar-refractivity contribution in [3.05, 3.63) is 39.8 Å². The predicted octanol–water partition coefficient (Wildman–Crippen LogP) is 3.14. The molecule has 0 amide bonds. The van der Waals surface area contributed by atoms with Crippen LogP contribution in [0, 0.1) is 0 Å². The molecule has 3 rings (SSSR count). The summed E-state index contributed by atoms with van der Waals surface area (Å²) in [7, 11) is 1.65. The Hall–Kier alpha value is -1.59. The van der Waals surface area contributed by atoms with E-state index in [1.54, 1.807) is 18.4 Å². The van der Waals surface area contributed by atoms with Crippen molar-refractivity contribution in [2.75, 3.05) is 13.7 Å². The molecule has 0 radical (unpaired) electrons. The third-order valence-electron chi connectivity index (χ3n) is 3.52. The second-order valence-electron chi connectivity index (χ2n) is 5.12. The number of hydrogen-bond donors (Lipinski definition) is 1. The van der Waals surface area contributed by atoms with Gasteiger partial charge in [-0.05, 0) is 37.1 Å². The van der Waals surface area contributed by atoms with E-state index in [0.717, 1.165) is 33.5 Å². The van der Waals surface area contributed by atoms with Crippen LogP contribution < -0.4 is 9.47 Å². The lowest BCUT2D eigenvalue weighted by molar-refractivity contribution is 0.284. The Bertz CT molecular complexity index is 590. The monoisotopic (exact) mass is 305 g/mol. The lowest BCUT2D eigenvalue weighted by atomic mass is 10.2. The van der Waals surface area contributed by atoms with Crippen molar-refractivity contribution in [3.63, 3.8) is 0 Å². The van der Waals surface area contributed by atoms with Gasteiger partial charge in [-0.1, -0.05) is 0 Å². The van der Waals surface area contributed by atoms with Gasteiger partial charge in [-0.25, -0.2) is 4.98 Å². The summed E-state index contributed by atoms with van der Waals surface area (Å²) in [5.41, 5.74) is 1.11. The number of methoxy groups -OCH3 is 1. The Labute approximate surface area is 128 Å². The molecule has 1 saturated carbocycles. The van der Waals surface area contributed by atoms with Gasteiger partial charge in [0.1, 0.15) is 11.5 Å². The highest BCUT2D eigenvalue weighted by Gasteiger charge is 2.29. The zero-order chi connectivity index (χ0) is 14.7. The maximum atomic E-state index is 9.39. The summed E-state index contributed by atoms with van der Waals surface area (Å²) < 4.78 is 10.8. The molecule has 112 valence electrons. The molecule has 0 atom stereocenters. The molecular weight excluding hydrogens is 286 g/mol. The van der Waals surface area contributed by atoms with Crippen molar-refractivity contribution in [1.82, 2.24) is 4.98 Å². The molecule has 1 N–H and O–H groups in total. The molecule has 0 aliphatic heterocycles. The third kappa shape index (κ3) is 3.54. The Morgan fingerprint density at radius 3 is 2.57 bits per heavy atom. The minimum absolute atomic E-state index is 0.100. The standard InChI is InChI=1S/C16H19NO3S/c1-19-12-4-6-13(7-5-12)20-9-8-15-17-16(11-2-3-11)14(10-18)21-15/h4-7,11,18H,2-3,8-10H2,1H3. The summed E-state index contributed by atoms with van der Waals surface area (Å²) >= 11 is 1.61. The van der Waals surface area contributed by atoms with Crippen molar-refractivity contribution in [2.24, 2.45) is 0 Å². The van der Waals surface area contributed by atoms with Gasteiger partial charge in [0.05, 0.1) is 35.9 Å². The van der Waals surface area contributed by atoms with E-state index in [1.165, 1.54) is 12.8 Å². The largest absolute Gasteiger partial charge is 0.497 e. The normalized spacial score (nSPS) is 14.2. The van der Waals surface area contributed by atoms with Crippen LogP contribution in [-0.2, 0) is 13.0 Å². The van der Waals surface area contributed by atoms with Crippen molar-refractivity contribution in [1.29, 1.82) is 0 Å². The topological polar surface area (TPSA) is 51.6 Å². The van der Waals surface area contributed by atoms with E-state index in [4.69, 9.17) is 9.47 Å². The number of thiazole rings is 1. The molecule has 1 aliphatic rings. The van der Waals surface area contributed by atoms with Crippen LogP contribution in [0.1, 0.15) is 34.3 Å². The first-order chi connectivity index (χ1) is 10.3. The molecule has 0 spiro atoms. The number of hydrogen-bond acceptors (Lipinski definition) is 5. The number of nitrogens with zero attached hydrogens (tertiary/aromatic N) is 1. The Kier molecular flexibility index (Phi) is 4.41. The Morgan fingerprint density at radius 1 is 1.24 bits per heavy atom. The van der Waals surface area contributed by atoms with Crippen LogP contribution in [0.2, 0.25) is 0 Å². The summed E-state index contributed by atoms with van der Waals surface area (Å²) in [5.74, 6) is 2.24. The van der Waals surface area contributed by atoms with Crippen LogP contribution in [0.15, 0.2) is 24.3 Å². The van der Waals surface area contributed by atoms with Gasteiger partial charge in [0, 0.05) is 12.3 Å². The van der Waals surface area contributed by atoms with Gasteiger partial charge in [0.25, 0.3) is 0 Å². The molecule has 1 aliphatic carbocycles. The molecule has 0 bridgehead atoms. The lowest BCUT2D eigenvalue weighted by Crippen LogP contribution is -2.01.